The first kappa shape index (κ1) is 15.8. The normalized spacial score (nSPS) is 28.3. The highest BCUT2D eigenvalue weighted by Crippen LogP contribution is 2.23. The number of likely N-dealkylation sites (tertiary alicyclic amines) is 1. The van der Waals surface area contributed by atoms with Crippen LogP contribution in [0.4, 0.5) is 0 Å². The van der Waals surface area contributed by atoms with Gasteiger partial charge in [-0.25, -0.2) is 0 Å². The molecule has 0 aromatic rings. The van der Waals surface area contributed by atoms with Crippen molar-refractivity contribution in [1.82, 2.24) is 15.1 Å². The molecule has 4 heteroatoms. The lowest BCUT2D eigenvalue weighted by Gasteiger charge is -2.36. The van der Waals surface area contributed by atoms with Crippen LogP contribution in [0.1, 0.15) is 33.6 Å². The van der Waals surface area contributed by atoms with Crippen LogP contribution in [0.25, 0.3) is 0 Å². The Balaban J connectivity index is 1.77. The van der Waals surface area contributed by atoms with Crippen molar-refractivity contribution in [1.29, 1.82) is 0 Å². The SMILES string of the molecule is CCN(CC)CC1CCN(C(=O)[C@@H]2CNC[C@H]2C)CC1. The molecule has 4 nitrogen and oxygen atoms in total. The fourth-order valence-corrected chi connectivity index (χ4v) is 3.56. The third kappa shape index (κ3) is 3.73. The minimum absolute atomic E-state index is 0.217. The Morgan fingerprint density at radius 1 is 1.20 bits per heavy atom. The molecule has 2 rings (SSSR count). The second kappa shape index (κ2) is 7.41. The van der Waals surface area contributed by atoms with Crippen molar-refractivity contribution in [3.63, 3.8) is 0 Å². The van der Waals surface area contributed by atoms with E-state index in [2.05, 4.69) is 35.9 Å². The first-order chi connectivity index (χ1) is 9.65. The van der Waals surface area contributed by atoms with Crippen LogP contribution >= 0.6 is 0 Å². The molecule has 0 aliphatic carbocycles. The minimum Gasteiger partial charge on any atom is -0.342 e. The zero-order valence-electron chi connectivity index (χ0n) is 13.4. The average Bonchev–Trinajstić information content (AvgIpc) is 2.91. The molecule has 2 fully saturated rings. The molecule has 0 saturated carbocycles. The smallest absolute Gasteiger partial charge is 0.227 e. The van der Waals surface area contributed by atoms with E-state index in [4.69, 9.17) is 0 Å². The second-order valence-corrected chi connectivity index (χ2v) is 6.50. The van der Waals surface area contributed by atoms with Crippen molar-refractivity contribution >= 4 is 5.91 Å². The van der Waals surface area contributed by atoms with Crippen LogP contribution in [-0.4, -0.2) is 61.5 Å². The van der Waals surface area contributed by atoms with Crippen LogP contribution in [0.5, 0.6) is 0 Å². The molecule has 0 aromatic carbocycles. The molecule has 116 valence electrons. The molecular weight excluding hydrogens is 250 g/mol. The molecule has 0 radical (unpaired) electrons. The Hall–Kier alpha value is -0.610. The standard InChI is InChI=1S/C16H31N3O/c1-4-18(5-2)12-14-6-8-19(9-7-14)16(20)15-11-17-10-13(15)3/h13-15,17H,4-12H2,1-3H3/t13-,15-/m1/s1. The van der Waals surface area contributed by atoms with Gasteiger partial charge in [-0.15, -0.1) is 0 Å². The van der Waals surface area contributed by atoms with Gasteiger partial charge in [-0.3, -0.25) is 4.79 Å². The maximum atomic E-state index is 12.5. The summed E-state index contributed by atoms with van der Waals surface area (Å²) in [7, 11) is 0. The van der Waals surface area contributed by atoms with Gasteiger partial charge < -0.3 is 15.1 Å². The molecule has 20 heavy (non-hydrogen) atoms. The summed E-state index contributed by atoms with van der Waals surface area (Å²) in [5.74, 6) is 1.88. The van der Waals surface area contributed by atoms with Crippen molar-refractivity contribution < 1.29 is 4.79 Å². The summed E-state index contributed by atoms with van der Waals surface area (Å²) >= 11 is 0. The van der Waals surface area contributed by atoms with E-state index in [1.807, 2.05) is 0 Å². The molecule has 2 aliphatic rings. The van der Waals surface area contributed by atoms with Crippen LogP contribution in [0.2, 0.25) is 0 Å². The molecule has 2 atom stereocenters. The maximum absolute atomic E-state index is 12.5. The van der Waals surface area contributed by atoms with E-state index in [0.29, 0.717) is 11.8 Å². The van der Waals surface area contributed by atoms with E-state index in [9.17, 15) is 4.79 Å². The van der Waals surface area contributed by atoms with Crippen molar-refractivity contribution in [2.45, 2.75) is 33.6 Å². The predicted molar refractivity (Wildman–Crippen MR) is 82.6 cm³/mol. The summed E-state index contributed by atoms with van der Waals surface area (Å²) in [4.78, 5) is 17.2. The van der Waals surface area contributed by atoms with Gasteiger partial charge in [-0.2, -0.15) is 0 Å². The van der Waals surface area contributed by atoms with E-state index < -0.39 is 0 Å². The Morgan fingerprint density at radius 2 is 1.85 bits per heavy atom. The number of hydrogen-bond donors (Lipinski definition) is 1. The number of carbonyl (C=O) groups is 1. The number of amides is 1. The van der Waals surface area contributed by atoms with Crippen LogP contribution < -0.4 is 5.32 Å². The van der Waals surface area contributed by atoms with Crippen molar-refractivity contribution in [2.24, 2.45) is 17.8 Å². The number of rotatable bonds is 5. The Bertz CT molecular complexity index is 309. The lowest BCUT2D eigenvalue weighted by atomic mass is 9.92. The average molecular weight is 281 g/mol. The molecule has 2 aliphatic heterocycles. The van der Waals surface area contributed by atoms with Crippen LogP contribution in [-0.2, 0) is 4.79 Å². The van der Waals surface area contributed by atoms with Gasteiger partial charge in [0.25, 0.3) is 0 Å². The van der Waals surface area contributed by atoms with Gasteiger partial charge in [0, 0.05) is 26.2 Å². The fraction of sp³-hybridized carbons (Fsp3) is 0.938. The maximum Gasteiger partial charge on any atom is 0.227 e. The lowest BCUT2D eigenvalue weighted by Crippen LogP contribution is -2.45. The van der Waals surface area contributed by atoms with Gasteiger partial charge in [0.05, 0.1) is 5.92 Å². The zero-order chi connectivity index (χ0) is 14.5. The number of nitrogens with one attached hydrogen (secondary N) is 1. The molecule has 1 amide bonds. The Kier molecular flexibility index (Phi) is 5.85. The van der Waals surface area contributed by atoms with Crippen molar-refractivity contribution in [3.05, 3.63) is 0 Å². The van der Waals surface area contributed by atoms with Crippen molar-refractivity contribution in [3.8, 4) is 0 Å². The summed E-state index contributed by atoms with van der Waals surface area (Å²) in [5, 5.41) is 3.34. The third-order valence-corrected chi connectivity index (χ3v) is 5.17. The number of nitrogens with zero attached hydrogens (tertiary/aromatic N) is 2. The topological polar surface area (TPSA) is 35.6 Å². The number of carbonyl (C=O) groups excluding carboxylic acids is 1. The van der Waals surface area contributed by atoms with E-state index in [-0.39, 0.29) is 5.92 Å². The van der Waals surface area contributed by atoms with E-state index in [1.165, 1.54) is 19.4 Å². The first-order valence-corrected chi connectivity index (χ1v) is 8.37. The number of piperidine rings is 1. The molecule has 0 bridgehead atoms. The van der Waals surface area contributed by atoms with E-state index in [0.717, 1.165) is 45.2 Å². The molecule has 0 spiro atoms. The monoisotopic (exact) mass is 281 g/mol. The van der Waals surface area contributed by atoms with Gasteiger partial charge in [-0.1, -0.05) is 20.8 Å². The van der Waals surface area contributed by atoms with Crippen molar-refractivity contribution in [2.75, 3.05) is 45.8 Å². The van der Waals surface area contributed by atoms with Gasteiger partial charge in [0.15, 0.2) is 0 Å². The quantitative estimate of drug-likeness (QED) is 0.828. The Labute approximate surface area is 123 Å². The zero-order valence-corrected chi connectivity index (χ0v) is 13.4. The summed E-state index contributed by atoms with van der Waals surface area (Å²) in [6, 6.07) is 0. The third-order valence-electron chi connectivity index (χ3n) is 5.17. The van der Waals surface area contributed by atoms with E-state index in [1.54, 1.807) is 0 Å². The van der Waals surface area contributed by atoms with Crippen LogP contribution in [0.15, 0.2) is 0 Å². The van der Waals surface area contributed by atoms with Gasteiger partial charge in [0.1, 0.15) is 0 Å². The largest absolute Gasteiger partial charge is 0.342 e. The predicted octanol–water partition coefficient (Wildman–Crippen LogP) is 1.42. The molecule has 0 aromatic heterocycles. The molecule has 1 N–H and O–H groups in total. The van der Waals surface area contributed by atoms with Crippen LogP contribution in [0, 0.1) is 17.8 Å². The van der Waals surface area contributed by atoms with Gasteiger partial charge in [-0.05, 0) is 44.3 Å². The fourth-order valence-electron chi connectivity index (χ4n) is 3.56. The molecular formula is C16H31N3O. The molecule has 0 unspecified atom stereocenters. The highest BCUT2D eigenvalue weighted by molar-refractivity contribution is 5.79. The summed E-state index contributed by atoms with van der Waals surface area (Å²) in [6.45, 7) is 13.9. The highest BCUT2D eigenvalue weighted by Gasteiger charge is 2.34. The summed E-state index contributed by atoms with van der Waals surface area (Å²) < 4.78 is 0. The van der Waals surface area contributed by atoms with Crippen LogP contribution in [0.3, 0.4) is 0 Å². The molecule has 2 saturated heterocycles. The Morgan fingerprint density at radius 3 is 2.35 bits per heavy atom. The first-order valence-electron chi connectivity index (χ1n) is 8.37. The number of hydrogen-bond acceptors (Lipinski definition) is 3. The van der Waals surface area contributed by atoms with E-state index >= 15 is 0 Å². The second-order valence-electron chi connectivity index (χ2n) is 6.50. The summed E-state index contributed by atoms with van der Waals surface area (Å²) in [6.07, 6.45) is 2.35. The van der Waals surface area contributed by atoms with Gasteiger partial charge >= 0.3 is 0 Å². The molecule has 2 heterocycles. The highest BCUT2D eigenvalue weighted by atomic mass is 16.2. The lowest BCUT2D eigenvalue weighted by molar-refractivity contribution is -0.137. The minimum atomic E-state index is 0.217. The summed E-state index contributed by atoms with van der Waals surface area (Å²) in [5.41, 5.74) is 0. The van der Waals surface area contributed by atoms with Gasteiger partial charge in [0.2, 0.25) is 5.91 Å².